The molecule has 1 aromatic heterocycles. The molecule has 0 aromatic carbocycles. The lowest BCUT2D eigenvalue weighted by Crippen LogP contribution is -2.60. The summed E-state index contributed by atoms with van der Waals surface area (Å²) in [4.78, 5) is 23.4. The summed E-state index contributed by atoms with van der Waals surface area (Å²) in [6, 6.07) is 1.44. The van der Waals surface area contributed by atoms with Gasteiger partial charge in [-0.1, -0.05) is 18.2 Å². The average molecular weight is 509 g/mol. The number of aliphatic hydroxyl groups excluding tert-OH is 4. The normalized spacial score (nSPS) is 32.5. The van der Waals surface area contributed by atoms with Gasteiger partial charge < -0.3 is 44.8 Å². The SMILES string of the molecule is C=C[C@H]1[C@H](O[C@@H]2O[C@H](CO)[C@@H](O)[C@H](O)[C@H]2O)OC=C(C(=O)O)[C@H]1/C=C/c1cc(C(=O)O)c[n+](CC)c1. The average Bonchev–Trinajstić information content (AvgIpc) is 2.87. The van der Waals surface area contributed by atoms with E-state index in [1.54, 1.807) is 22.9 Å². The molecule has 12 nitrogen and oxygen atoms in total. The molecule has 0 aliphatic carbocycles. The lowest BCUT2D eigenvalue weighted by Gasteiger charge is -2.42. The number of aromatic nitrogens is 1. The van der Waals surface area contributed by atoms with Gasteiger partial charge in [0, 0.05) is 11.5 Å². The number of ether oxygens (including phenoxy) is 3. The van der Waals surface area contributed by atoms with Crippen molar-refractivity contribution in [3.8, 4) is 0 Å². The monoisotopic (exact) mass is 508 g/mol. The molecule has 1 aromatic rings. The quantitative estimate of drug-likeness (QED) is 0.182. The van der Waals surface area contributed by atoms with Crippen LogP contribution >= 0.6 is 0 Å². The fourth-order valence-electron chi connectivity index (χ4n) is 4.07. The molecule has 3 rings (SSSR count). The van der Waals surface area contributed by atoms with Crippen LogP contribution in [0.4, 0.5) is 0 Å². The zero-order valence-electron chi connectivity index (χ0n) is 19.5. The van der Waals surface area contributed by atoms with Crippen molar-refractivity contribution in [1.29, 1.82) is 0 Å². The highest BCUT2D eigenvalue weighted by atomic mass is 16.8. The summed E-state index contributed by atoms with van der Waals surface area (Å²) in [6.07, 6.45) is -0.137. The van der Waals surface area contributed by atoms with Crippen molar-refractivity contribution < 1.29 is 59.0 Å². The third-order valence-corrected chi connectivity index (χ3v) is 6.10. The Kier molecular flexibility index (Phi) is 8.95. The number of nitrogens with zero attached hydrogens (tertiary/aromatic N) is 1. The number of hydrogen-bond donors (Lipinski definition) is 6. The van der Waals surface area contributed by atoms with Crippen LogP contribution in [-0.4, -0.2) is 86.2 Å². The zero-order chi connectivity index (χ0) is 26.6. The molecule has 2 aliphatic rings. The number of carboxylic acid groups (broad SMARTS) is 2. The molecule has 0 spiro atoms. The summed E-state index contributed by atoms with van der Waals surface area (Å²) < 4.78 is 18.2. The molecule has 1 fully saturated rings. The van der Waals surface area contributed by atoms with Gasteiger partial charge >= 0.3 is 11.9 Å². The molecule has 0 radical (unpaired) electrons. The number of pyridine rings is 1. The maximum atomic E-state index is 11.9. The van der Waals surface area contributed by atoms with Crippen LogP contribution in [0.1, 0.15) is 22.8 Å². The first-order valence-electron chi connectivity index (χ1n) is 11.2. The fraction of sp³-hybridized carbons (Fsp3) is 0.458. The second-order valence-electron chi connectivity index (χ2n) is 8.41. The van der Waals surface area contributed by atoms with Crippen LogP contribution in [0.15, 0.2) is 49.0 Å². The van der Waals surface area contributed by atoms with Crippen molar-refractivity contribution in [1.82, 2.24) is 0 Å². The lowest BCUT2D eigenvalue weighted by molar-refractivity contribution is -0.693. The molecule has 0 saturated carbocycles. The second kappa shape index (κ2) is 11.7. The Bertz CT molecular complexity index is 1040. The summed E-state index contributed by atoms with van der Waals surface area (Å²) >= 11 is 0. The Morgan fingerprint density at radius 2 is 1.83 bits per heavy atom. The van der Waals surface area contributed by atoms with Crippen molar-refractivity contribution in [2.45, 2.75) is 50.5 Å². The van der Waals surface area contributed by atoms with Crippen LogP contribution < -0.4 is 4.57 Å². The molecule has 2 aliphatic heterocycles. The molecule has 0 amide bonds. The highest BCUT2D eigenvalue weighted by Gasteiger charge is 2.47. The maximum Gasteiger partial charge on any atom is 0.341 e. The molecule has 196 valence electrons. The van der Waals surface area contributed by atoms with Crippen LogP contribution in [0.2, 0.25) is 0 Å². The van der Waals surface area contributed by atoms with Crippen molar-refractivity contribution in [3.05, 3.63) is 60.2 Å². The molecular formula is C24H30NO11+. The van der Waals surface area contributed by atoms with Crippen molar-refractivity contribution in [2.75, 3.05) is 6.61 Å². The van der Waals surface area contributed by atoms with E-state index in [9.17, 15) is 40.2 Å². The summed E-state index contributed by atoms with van der Waals surface area (Å²) in [5.41, 5.74) is 0.453. The van der Waals surface area contributed by atoms with Gasteiger partial charge in [0.1, 0.15) is 36.5 Å². The summed E-state index contributed by atoms with van der Waals surface area (Å²) in [5, 5.41) is 58.8. The van der Waals surface area contributed by atoms with Crippen LogP contribution in [-0.2, 0) is 25.5 Å². The van der Waals surface area contributed by atoms with E-state index in [1.807, 2.05) is 6.92 Å². The van der Waals surface area contributed by atoms with E-state index in [4.69, 9.17) is 14.2 Å². The topological polar surface area (TPSA) is 187 Å². The predicted octanol–water partition coefficient (Wildman–Crippen LogP) is -0.735. The summed E-state index contributed by atoms with van der Waals surface area (Å²) in [5.74, 6) is -4.02. The minimum atomic E-state index is -1.68. The van der Waals surface area contributed by atoms with Gasteiger partial charge in [-0.2, -0.15) is 0 Å². The highest BCUT2D eigenvalue weighted by Crippen LogP contribution is 2.36. The van der Waals surface area contributed by atoms with Gasteiger partial charge in [-0.05, 0) is 13.0 Å². The fourth-order valence-corrected chi connectivity index (χ4v) is 4.07. The number of aromatic carboxylic acids is 1. The Labute approximate surface area is 206 Å². The molecule has 3 heterocycles. The van der Waals surface area contributed by atoms with E-state index in [1.165, 1.54) is 18.3 Å². The smallest absolute Gasteiger partial charge is 0.341 e. The number of hydrogen-bond acceptors (Lipinski definition) is 9. The largest absolute Gasteiger partial charge is 0.478 e. The first-order chi connectivity index (χ1) is 17.1. The van der Waals surface area contributed by atoms with Crippen LogP contribution in [0.3, 0.4) is 0 Å². The summed E-state index contributed by atoms with van der Waals surface area (Å²) in [7, 11) is 0. The van der Waals surface area contributed by atoms with Gasteiger partial charge in [-0.15, -0.1) is 6.58 Å². The molecule has 0 bridgehead atoms. The Morgan fingerprint density at radius 3 is 2.42 bits per heavy atom. The third-order valence-electron chi connectivity index (χ3n) is 6.10. The Hall–Kier alpha value is -3.13. The Balaban J connectivity index is 1.90. The minimum absolute atomic E-state index is 0.0593. The molecule has 0 unspecified atom stereocenters. The number of carbonyl (C=O) groups is 2. The van der Waals surface area contributed by atoms with Gasteiger partial charge in [0.15, 0.2) is 18.7 Å². The van der Waals surface area contributed by atoms with Crippen LogP contribution in [0.25, 0.3) is 6.08 Å². The first-order valence-corrected chi connectivity index (χ1v) is 11.2. The van der Waals surface area contributed by atoms with Gasteiger partial charge in [-0.25, -0.2) is 14.2 Å². The van der Waals surface area contributed by atoms with Gasteiger partial charge in [-0.3, -0.25) is 0 Å². The van der Waals surface area contributed by atoms with Gasteiger partial charge in [0.2, 0.25) is 6.29 Å². The van der Waals surface area contributed by atoms with E-state index in [-0.39, 0.29) is 11.1 Å². The number of rotatable bonds is 9. The molecule has 1 saturated heterocycles. The van der Waals surface area contributed by atoms with E-state index < -0.39 is 67.4 Å². The number of aliphatic hydroxyl groups is 4. The molecule has 8 atom stereocenters. The number of aryl methyl sites for hydroxylation is 1. The molecule has 12 heteroatoms. The zero-order valence-corrected chi connectivity index (χ0v) is 19.5. The third kappa shape index (κ3) is 5.81. The second-order valence-corrected chi connectivity index (χ2v) is 8.41. The Morgan fingerprint density at radius 1 is 1.11 bits per heavy atom. The number of carboxylic acids is 2. The minimum Gasteiger partial charge on any atom is -0.478 e. The van der Waals surface area contributed by atoms with Crippen molar-refractivity contribution in [3.63, 3.8) is 0 Å². The van der Waals surface area contributed by atoms with Crippen LogP contribution in [0.5, 0.6) is 0 Å². The standard InChI is InChI=1S/C24H29NO11/c1-3-14-15(6-5-12-7-13(21(30)31)9-25(4-2)8-12)16(22(32)33)11-34-23(14)36-24-20(29)19(28)18(27)17(10-26)35-24/h3,5-9,11,14-15,17-20,23-24,26-29H,1,4,10H2,2H3,(H-,30,31,32,33)/p+1/b6-5+/t14-,15+,17-,18-,19+,20-,23+,24+/m1/s1. The molecule has 6 N–H and O–H groups in total. The lowest BCUT2D eigenvalue weighted by atomic mass is 9.83. The first kappa shape index (κ1) is 27.5. The highest BCUT2D eigenvalue weighted by molar-refractivity contribution is 5.88. The van der Waals surface area contributed by atoms with E-state index in [0.717, 1.165) is 6.26 Å². The van der Waals surface area contributed by atoms with Crippen molar-refractivity contribution in [2.24, 2.45) is 11.8 Å². The van der Waals surface area contributed by atoms with Gasteiger partial charge in [0.25, 0.3) is 0 Å². The molecular weight excluding hydrogens is 478 g/mol. The van der Waals surface area contributed by atoms with E-state index >= 15 is 0 Å². The maximum absolute atomic E-state index is 11.9. The van der Waals surface area contributed by atoms with Crippen LogP contribution in [0, 0.1) is 11.8 Å². The van der Waals surface area contributed by atoms with Crippen molar-refractivity contribution >= 4 is 18.0 Å². The molecule has 36 heavy (non-hydrogen) atoms. The predicted molar refractivity (Wildman–Crippen MR) is 121 cm³/mol. The number of aliphatic carboxylic acids is 1. The van der Waals surface area contributed by atoms with E-state index in [0.29, 0.717) is 12.1 Å². The summed E-state index contributed by atoms with van der Waals surface area (Å²) in [6.45, 7) is 5.45. The number of allylic oxidation sites excluding steroid dienone is 1. The van der Waals surface area contributed by atoms with E-state index in [2.05, 4.69) is 6.58 Å². The van der Waals surface area contributed by atoms with Gasteiger partial charge in [0.05, 0.1) is 24.4 Å².